The Bertz CT molecular complexity index is 386. The van der Waals surface area contributed by atoms with Crippen LogP contribution >= 0.6 is 0 Å². The molecule has 1 unspecified atom stereocenters. The number of nitrogens with one attached hydrogen (secondary N) is 1. The Kier molecular flexibility index (Phi) is 3.05. The van der Waals surface area contributed by atoms with Gasteiger partial charge >= 0.3 is 0 Å². The number of H-pyrrole nitrogens is 1. The molecule has 5 nitrogen and oxygen atoms in total. The van der Waals surface area contributed by atoms with Gasteiger partial charge in [0.2, 0.25) is 5.91 Å². The molecule has 0 aromatic carbocycles. The summed E-state index contributed by atoms with van der Waals surface area (Å²) in [4.78, 5) is 27.7. The molecule has 1 aromatic rings. The minimum atomic E-state index is -0.336. The highest BCUT2D eigenvalue weighted by Gasteiger charge is 2.30. The smallest absolute Gasteiger partial charge is 0.234 e. The zero-order chi connectivity index (χ0) is 11.5. The predicted octanol–water partition coefficient (Wildman–Crippen LogP) is 0.147. The number of aromatic amines is 1. The molecule has 1 saturated heterocycles. The first kappa shape index (κ1) is 10.9. The lowest BCUT2D eigenvalue weighted by atomic mass is 10.2. The maximum Gasteiger partial charge on any atom is 0.234 e. The lowest BCUT2D eigenvalue weighted by Gasteiger charge is -2.20. The van der Waals surface area contributed by atoms with E-state index in [4.69, 9.17) is 5.73 Å². The van der Waals surface area contributed by atoms with E-state index in [0.717, 1.165) is 19.4 Å². The van der Waals surface area contributed by atoms with Gasteiger partial charge in [0.1, 0.15) is 0 Å². The van der Waals surface area contributed by atoms with E-state index < -0.39 is 0 Å². The van der Waals surface area contributed by atoms with Crippen LogP contribution in [-0.2, 0) is 4.79 Å². The van der Waals surface area contributed by atoms with E-state index >= 15 is 0 Å². The van der Waals surface area contributed by atoms with Crippen molar-refractivity contribution in [1.29, 1.82) is 0 Å². The van der Waals surface area contributed by atoms with Crippen LogP contribution in [0, 0.1) is 0 Å². The van der Waals surface area contributed by atoms with Crippen molar-refractivity contribution in [3.63, 3.8) is 0 Å². The van der Waals surface area contributed by atoms with Crippen LogP contribution < -0.4 is 5.73 Å². The summed E-state index contributed by atoms with van der Waals surface area (Å²) in [6.07, 6.45) is 3.39. The second-order valence-corrected chi connectivity index (χ2v) is 4.04. The van der Waals surface area contributed by atoms with Crippen LogP contribution in [0.15, 0.2) is 18.3 Å². The van der Waals surface area contributed by atoms with Crippen molar-refractivity contribution in [2.75, 3.05) is 13.1 Å². The van der Waals surface area contributed by atoms with Gasteiger partial charge in [-0.05, 0) is 31.5 Å². The number of nitrogens with two attached hydrogens (primary N) is 1. The standard InChI is InChI=1S/C11H15N3O2/c12-11(16)9-4-2-6-14(9)7-10(15)8-3-1-5-13-8/h1,3,5,9,13H,2,4,6-7H2,(H2,12,16). The van der Waals surface area contributed by atoms with Crippen molar-refractivity contribution < 1.29 is 9.59 Å². The molecule has 3 N–H and O–H groups in total. The number of Topliss-reactive ketones (excluding diaryl/α,β-unsaturated/α-hetero) is 1. The van der Waals surface area contributed by atoms with Crippen LogP contribution in [0.25, 0.3) is 0 Å². The average Bonchev–Trinajstić information content (AvgIpc) is 2.86. The molecule has 5 heteroatoms. The van der Waals surface area contributed by atoms with Gasteiger partial charge in [-0.2, -0.15) is 0 Å². The number of amides is 1. The topological polar surface area (TPSA) is 79.2 Å². The number of rotatable bonds is 4. The highest BCUT2D eigenvalue weighted by Crippen LogP contribution is 2.17. The molecule has 0 aliphatic carbocycles. The zero-order valence-corrected chi connectivity index (χ0v) is 8.98. The highest BCUT2D eigenvalue weighted by molar-refractivity contribution is 5.96. The first-order chi connectivity index (χ1) is 7.68. The van der Waals surface area contributed by atoms with Crippen LogP contribution in [-0.4, -0.2) is 40.7 Å². The van der Waals surface area contributed by atoms with Crippen LogP contribution in [0.1, 0.15) is 23.3 Å². The molecular weight excluding hydrogens is 206 g/mol. The third kappa shape index (κ3) is 2.14. The predicted molar refractivity (Wildman–Crippen MR) is 58.9 cm³/mol. The van der Waals surface area contributed by atoms with Gasteiger partial charge in [0.25, 0.3) is 0 Å². The molecule has 0 spiro atoms. The van der Waals surface area contributed by atoms with Crippen molar-refractivity contribution in [2.24, 2.45) is 5.73 Å². The molecule has 2 rings (SSSR count). The fourth-order valence-corrected chi connectivity index (χ4v) is 2.11. The quantitative estimate of drug-likeness (QED) is 0.710. The van der Waals surface area contributed by atoms with E-state index in [1.165, 1.54) is 0 Å². The third-order valence-electron chi connectivity index (χ3n) is 2.94. The fourth-order valence-electron chi connectivity index (χ4n) is 2.11. The normalized spacial score (nSPS) is 21.1. The van der Waals surface area contributed by atoms with Gasteiger partial charge in [0, 0.05) is 6.20 Å². The number of carbonyl (C=O) groups is 2. The van der Waals surface area contributed by atoms with Gasteiger partial charge in [-0.3, -0.25) is 14.5 Å². The second-order valence-electron chi connectivity index (χ2n) is 4.04. The molecule has 0 bridgehead atoms. The van der Waals surface area contributed by atoms with Gasteiger partial charge in [-0.15, -0.1) is 0 Å². The first-order valence-electron chi connectivity index (χ1n) is 5.38. The van der Waals surface area contributed by atoms with E-state index in [0.29, 0.717) is 5.69 Å². The number of carbonyl (C=O) groups excluding carboxylic acids is 2. The summed E-state index contributed by atoms with van der Waals surface area (Å²) >= 11 is 0. The molecule has 1 aliphatic heterocycles. The van der Waals surface area contributed by atoms with E-state index in [1.807, 2.05) is 4.90 Å². The Morgan fingerprint density at radius 2 is 2.38 bits per heavy atom. The number of hydrogen-bond donors (Lipinski definition) is 2. The van der Waals surface area contributed by atoms with E-state index in [2.05, 4.69) is 4.98 Å². The molecule has 1 amide bonds. The fraction of sp³-hybridized carbons (Fsp3) is 0.455. The van der Waals surface area contributed by atoms with Crippen molar-refractivity contribution in [1.82, 2.24) is 9.88 Å². The molecule has 0 saturated carbocycles. The third-order valence-corrected chi connectivity index (χ3v) is 2.94. The minimum absolute atomic E-state index is 0.00171. The van der Waals surface area contributed by atoms with Crippen LogP contribution in [0.2, 0.25) is 0 Å². The summed E-state index contributed by atoms with van der Waals surface area (Å²) in [5.74, 6) is -0.338. The SMILES string of the molecule is NC(=O)C1CCCN1CC(=O)c1ccc[nH]1. The summed E-state index contributed by atoms with van der Waals surface area (Å²) in [6, 6.07) is 3.24. The lowest BCUT2D eigenvalue weighted by Crippen LogP contribution is -2.42. The number of aromatic nitrogens is 1. The Morgan fingerprint density at radius 3 is 3.00 bits per heavy atom. The van der Waals surface area contributed by atoms with Gasteiger partial charge in [-0.25, -0.2) is 0 Å². The van der Waals surface area contributed by atoms with Crippen molar-refractivity contribution in [2.45, 2.75) is 18.9 Å². The molecule has 16 heavy (non-hydrogen) atoms. The first-order valence-corrected chi connectivity index (χ1v) is 5.38. The Labute approximate surface area is 93.6 Å². The van der Waals surface area contributed by atoms with Gasteiger partial charge < -0.3 is 10.7 Å². The average molecular weight is 221 g/mol. The number of nitrogens with zero attached hydrogens (tertiary/aromatic N) is 1. The van der Waals surface area contributed by atoms with Crippen LogP contribution in [0.5, 0.6) is 0 Å². The highest BCUT2D eigenvalue weighted by atomic mass is 16.1. The lowest BCUT2D eigenvalue weighted by molar-refractivity contribution is -0.122. The molecule has 86 valence electrons. The molecule has 1 aliphatic rings. The van der Waals surface area contributed by atoms with Gasteiger partial charge in [0.05, 0.1) is 18.3 Å². The Balaban J connectivity index is 1.99. The molecule has 2 heterocycles. The number of likely N-dealkylation sites (tertiary alicyclic amines) is 1. The summed E-state index contributed by atoms with van der Waals surface area (Å²) in [7, 11) is 0. The second kappa shape index (κ2) is 4.49. The van der Waals surface area contributed by atoms with Gasteiger partial charge in [0.15, 0.2) is 5.78 Å². The van der Waals surface area contributed by atoms with Crippen molar-refractivity contribution in [3.8, 4) is 0 Å². The summed E-state index contributed by atoms with van der Waals surface area (Å²) in [5.41, 5.74) is 5.86. The van der Waals surface area contributed by atoms with Gasteiger partial charge in [-0.1, -0.05) is 0 Å². The molecule has 0 radical (unpaired) electrons. The zero-order valence-electron chi connectivity index (χ0n) is 8.98. The summed E-state index contributed by atoms with van der Waals surface area (Å²) in [5, 5.41) is 0. The summed E-state index contributed by atoms with van der Waals surface area (Å²) in [6.45, 7) is 1.02. The minimum Gasteiger partial charge on any atom is -0.368 e. The largest absolute Gasteiger partial charge is 0.368 e. The van der Waals surface area contributed by atoms with Crippen molar-refractivity contribution in [3.05, 3.63) is 24.0 Å². The maximum atomic E-state index is 11.8. The molecule has 1 fully saturated rings. The van der Waals surface area contributed by atoms with E-state index in [-0.39, 0.29) is 24.3 Å². The molecule has 1 aromatic heterocycles. The number of primary amides is 1. The Morgan fingerprint density at radius 1 is 1.56 bits per heavy atom. The Hall–Kier alpha value is -1.62. The van der Waals surface area contributed by atoms with E-state index in [1.54, 1.807) is 18.3 Å². The summed E-state index contributed by atoms with van der Waals surface area (Å²) < 4.78 is 0. The number of hydrogen-bond acceptors (Lipinski definition) is 3. The van der Waals surface area contributed by atoms with E-state index in [9.17, 15) is 9.59 Å². The maximum absolute atomic E-state index is 11.8. The molecule has 1 atom stereocenters. The van der Waals surface area contributed by atoms with Crippen LogP contribution in [0.4, 0.5) is 0 Å². The number of ketones is 1. The van der Waals surface area contributed by atoms with Crippen molar-refractivity contribution >= 4 is 11.7 Å². The molecular formula is C11H15N3O2. The van der Waals surface area contributed by atoms with Crippen LogP contribution in [0.3, 0.4) is 0 Å². The monoisotopic (exact) mass is 221 g/mol.